The maximum absolute atomic E-state index is 4.35. The summed E-state index contributed by atoms with van der Waals surface area (Å²) in [5, 5.41) is 3.51. The molecule has 4 nitrogen and oxygen atoms in total. The summed E-state index contributed by atoms with van der Waals surface area (Å²) in [6.45, 7) is 4.22. The highest BCUT2D eigenvalue weighted by atomic mass is 15.1. The van der Waals surface area contributed by atoms with Gasteiger partial charge in [-0.2, -0.15) is 0 Å². The summed E-state index contributed by atoms with van der Waals surface area (Å²) in [4.78, 5) is 6.59. The van der Waals surface area contributed by atoms with Crippen LogP contribution in [0.2, 0.25) is 0 Å². The zero-order valence-electron chi connectivity index (χ0n) is 12.4. The summed E-state index contributed by atoms with van der Waals surface area (Å²) in [6.07, 6.45) is 5.02. The van der Waals surface area contributed by atoms with Gasteiger partial charge in [-0.05, 0) is 33.0 Å². The summed E-state index contributed by atoms with van der Waals surface area (Å²) in [5.74, 6) is 0. The van der Waals surface area contributed by atoms with Gasteiger partial charge in [0.05, 0.1) is 18.2 Å². The minimum Gasteiger partial charge on any atom is -0.384 e. The molecule has 4 heteroatoms. The van der Waals surface area contributed by atoms with Crippen molar-refractivity contribution in [3.63, 3.8) is 0 Å². The predicted octanol–water partition coefficient (Wildman–Crippen LogP) is 2.47. The van der Waals surface area contributed by atoms with Crippen molar-refractivity contribution < 1.29 is 0 Å². The van der Waals surface area contributed by atoms with Crippen LogP contribution in [0.4, 0.5) is 5.69 Å². The molecule has 20 heavy (non-hydrogen) atoms. The molecule has 3 rings (SSSR count). The average molecular weight is 270 g/mol. The molecule has 1 N–H and O–H groups in total. The molecule has 1 aromatic carbocycles. The second kappa shape index (κ2) is 5.29. The number of fused-ring (bicyclic) bond motifs is 1. The van der Waals surface area contributed by atoms with Crippen LogP contribution in [0.1, 0.15) is 12.5 Å². The van der Waals surface area contributed by atoms with Crippen LogP contribution in [0.25, 0.3) is 11.3 Å². The largest absolute Gasteiger partial charge is 0.384 e. The van der Waals surface area contributed by atoms with Crippen LogP contribution in [0.15, 0.2) is 30.7 Å². The molecule has 0 bridgehead atoms. The van der Waals surface area contributed by atoms with Gasteiger partial charge in [0.2, 0.25) is 0 Å². The summed E-state index contributed by atoms with van der Waals surface area (Å²) < 4.78 is 2.25. The molecule has 0 saturated carbocycles. The molecule has 0 radical (unpaired) electrons. The van der Waals surface area contributed by atoms with Crippen LogP contribution in [-0.2, 0) is 13.0 Å². The average Bonchev–Trinajstić information content (AvgIpc) is 3.06. The fourth-order valence-corrected chi connectivity index (χ4v) is 2.69. The van der Waals surface area contributed by atoms with Crippen LogP contribution in [0.5, 0.6) is 0 Å². The SMILES string of the molecule is CC(Cn1cncc1-c1cccc2c1NCC2)N(C)C. The third kappa shape index (κ3) is 2.31. The Labute approximate surface area is 120 Å². The van der Waals surface area contributed by atoms with E-state index in [2.05, 4.69) is 59.0 Å². The molecule has 2 heterocycles. The lowest BCUT2D eigenvalue weighted by molar-refractivity contribution is 0.284. The van der Waals surface area contributed by atoms with Gasteiger partial charge < -0.3 is 14.8 Å². The van der Waals surface area contributed by atoms with E-state index in [9.17, 15) is 0 Å². The van der Waals surface area contributed by atoms with Crippen molar-refractivity contribution in [2.45, 2.75) is 25.9 Å². The molecular formula is C16H22N4. The zero-order valence-corrected chi connectivity index (χ0v) is 12.4. The fraction of sp³-hybridized carbons (Fsp3) is 0.438. The molecule has 1 aliphatic heterocycles. The number of hydrogen-bond donors (Lipinski definition) is 1. The van der Waals surface area contributed by atoms with Gasteiger partial charge in [0.1, 0.15) is 0 Å². The number of anilines is 1. The van der Waals surface area contributed by atoms with E-state index in [0.717, 1.165) is 19.5 Å². The molecule has 2 aromatic rings. The van der Waals surface area contributed by atoms with E-state index in [1.165, 1.54) is 22.5 Å². The van der Waals surface area contributed by atoms with Crippen LogP contribution in [0, 0.1) is 0 Å². The van der Waals surface area contributed by atoms with Gasteiger partial charge in [-0.1, -0.05) is 18.2 Å². The van der Waals surface area contributed by atoms with Gasteiger partial charge in [-0.15, -0.1) is 0 Å². The number of benzene rings is 1. The van der Waals surface area contributed by atoms with Gasteiger partial charge in [0, 0.05) is 30.4 Å². The first kappa shape index (κ1) is 13.2. The lowest BCUT2D eigenvalue weighted by Crippen LogP contribution is -2.29. The third-order valence-corrected chi connectivity index (χ3v) is 4.18. The van der Waals surface area contributed by atoms with Crippen molar-refractivity contribution in [3.05, 3.63) is 36.3 Å². The minimum atomic E-state index is 0.479. The van der Waals surface area contributed by atoms with Gasteiger partial charge in [0.15, 0.2) is 0 Å². The Morgan fingerprint density at radius 2 is 2.25 bits per heavy atom. The third-order valence-electron chi connectivity index (χ3n) is 4.18. The van der Waals surface area contributed by atoms with E-state index in [-0.39, 0.29) is 0 Å². The summed E-state index contributed by atoms with van der Waals surface area (Å²) in [6, 6.07) is 7.02. The Bertz CT molecular complexity index is 600. The van der Waals surface area contributed by atoms with Crippen LogP contribution >= 0.6 is 0 Å². The molecule has 1 aliphatic rings. The standard InChI is InChI=1S/C16H22N4/c1-12(19(2)3)10-20-11-17-9-15(20)14-6-4-5-13-7-8-18-16(13)14/h4-6,9,11-12,18H,7-8,10H2,1-3H3. The second-order valence-electron chi connectivity index (χ2n) is 5.76. The van der Waals surface area contributed by atoms with Crippen molar-refractivity contribution in [1.82, 2.24) is 14.5 Å². The Hall–Kier alpha value is -1.81. The first-order valence-electron chi connectivity index (χ1n) is 7.19. The smallest absolute Gasteiger partial charge is 0.0951 e. The van der Waals surface area contributed by atoms with Crippen molar-refractivity contribution in [2.75, 3.05) is 26.0 Å². The summed E-state index contributed by atoms with van der Waals surface area (Å²) in [5.41, 5.74) is 5.16. The molecule has 0 fully saturated rings. The van der Waals surface area contributed by atoms with Crippen LogP contribution < -0.4 is 5.32 Å². The van der Waals surface area contributed by atoms with Crippen molar-refractivity contribution in [3.8, 4) is 11.3 Å². The van der Waals surface area contributed by atoms with Crippen LogP contribution in [0.3, 0.4) is 0 Å². The van der Waals surface area contributed by atoms with Gasteiger partial charge in [-0.25, -0.2) is 4.98 Å². The molecule has 1 atom stereocenters. The normalized spacial score (nSPS) is 15.2. The van der Waals surface area contributed by atoms with Crippen molar-refractivity contribution >= 4 is 5.69 Å². The van der Waals surface area contributed by atoms with Crippen molar-refractivity contribution in [2.24, 2.45) is 0 Å². The quantitative estimate of drug-likeness (QED) is 0.926. The molecule has 106 valence electrons. The Morgan fingerprint density at radius 1 is 1.40 bits per heavy atom. The lowest BCUT2D eigenvalue weighted by Gasteiger charge is -2.21. The molecule has 0 amide bonds. The number of hydrogen-bond acceptors (Lipinski definition) is 3. The monoisotopic (exact) mass is 270 g/mol. The highest BCUT2D eigenvalue weighted by Gasteiger charge is 2.18. The lowest BCUT2D eigenvalue weighted by atomic mass is 10.1. The van der Waals surface area contributed by atoms with Crippen molar-refractivity contribution in [1.29, 1.82) is 0 Å². The Morgan fingerprint density at radius 3 is 3.05 bits per heavy atom. The first-order valence-corrected chi connectivity index (χ1v) is 7.19. The Balaban J connectivity index is 1.96. The molecule has 1 unspecified atom stereocenters. The first-order chi connectivity index (χ1) is 9.66. The molecule has 0 spiro atoms. The van der Waals surface area contributed by atoms with Gasteiger partial charge in [0.25, 0.3) is 0 Å². The summed E-state index contributed by atoms with van der Waals surface area (Å²) in [7, 11) is 4.23. The molecule has 1 aromatic heterocycles. The zero-order chi connectivity index (χ0) is 14.1. The Kier molecular flexibility index (Phi) is 3.49. The van der Waals surface area contributed by atoms with Gasteiger partial charge >= 0.3 is 0 Å². The topological polar surface area (TPSA) is 33.1 Å². The highest BCUT2D eigenvalue weighted by Crippen LogP contribution is 2.34. The molecule has 0 saturated heterocycles. The number of imidazole rings is 1. The number of rotatable bonds is 4. The van der Waals surface area contributed by atoms with E-state index < -0.39 is 0 Å². The maximum Gasteiger partial charge on any atom is 0.0951 e. The summed E-state index contributed by atoms with van der Waals surface area (Å²) >= 11 is 0. The number of aromatic nitrogens is 2. The number of para-hydroxylation sites is 1. The number of likely N-dealkylation sites (N-methyl/N-ethyl adjacent to an activating group) is 1. The highest BCUT2D eigenvalue weighted by molar-refractivity contribution is 5.79. The van der Waals surface area contributed by atoms with E-state index in [0.29, 0.717) is 6.04 Å². The fourth-order valence-electron chi connectivity index (χ4n) is 2.69. The maximum atomic E-state index is 4.35. The van der Waals surface area contributed by atoms with Crippen LogP contribution in [-0.4, -0.2) is 41.1 Å². The molecule has 0 aliphatic carbocycles. The number of nitrogens with zero attached hydrogens (tertiary/aromatic N) is 3. The van der Waals surface area contributed by atoms with E-state index in [1.807, 2.05) is 12.5 Å². The van der Waals surface area contributed by atoms with E-state index in [4.69, 9.17) is 0 Å². The predicted molar refractivity (Wildman–Crippen MR) is 83.0 cm³/mol. The second-order valence-corrected chi connectivity index (χ2v) is 5.76. The van der Waals surface area contributed by atoms with E-state index in [1.54, 1.807) is 0 Å². The van der Waals surface area contributed by atoms with Gasteiger partial charge in [-0.3, -0.25) is 0 Å². The van der Waals surface area contributed by atoms with E-state index >= 15 is 0 Å². The molecular weight excluding hydrogens is 248 g/mol. The minimum absolute atomic E-state index is 0.479. The number of nitrogens with one attached hydrogen (secondary N) is 1.